The topological polar surface area (TPSA) is 231 Å². The lowest BCUT2D eigenvalue weighted by molar-refractivity contribution is -0.332. The highest BCUT2D eigenvalue weighted by Crippen LogP contribution is 2.26. The van der Waals surface area contributed by atoms with Crippen molar-refractivity contribution in [2.75, 3.05) is 26.4 Å². The van der Waals surface area contributed by atoms with Gasteiger partial charge in [0.05, 0.1) is 19.8 Å². The molecule has 15 nitrogen and oxygen atoms in total. The van der Waals surface area contributed by atoms with Crippen molar-refractivity contribution in [3.05, 3.63) is 24.3 Å². The molecule has 15 heteroatoms. The lowest BCUT2D eigenvalue weighted by atomic mass is 9.98. The summed E-state index contributed by atoms with van der Waals surface area (Å²) in [4.78, 5) is 25.7. The molecule has 0 aromatic heterocycles. The number of hydrogen-bond acceptors (Lipinski definition) is 15. The fourth-order valence-corrected chi connectivity index (χ4v) is 7.73. The summed E-state index contributed by atoms with van der Waals surface area (Å²) >= 11 is 0. The van der Waals surface area contributed by atoms with Crippen LogP contribution in [0.25, 0.3) is 0 Å². The van der Waals surface area contributed by atoms with E-state index in [0.717, 1.165) is 64.2 Å². The van der Waals surface area contributed by atoms with Crippen molar-refractivity contribution in [2.24, 2.45) is 0 Å². The number of allylic oxidation sites excluding steroid dienone is 4. The lowest BCUT2D eigenvalue weighted by Gasteiger charge is -2.42. The van der Waals surface area contributed by atoms with E-state index in [0.29, 0.717) is 12.8 Å². The van der Waals surface area contributed by atoms with E-state index in [9.17, 15) is 45.3 Å². The summed E-state index contributed by atoms with van der Waals surface area (Å²) < 4.78 is 33.5. The molecule has 4 unspecified atom stereocenters. The van der Waals surface area contributed by atoms with E-state index in [1.807, 2.05) is 0 Å². The third kappa shape index (κ3) is 25.2. The average Bonchev–Trinajstić information content (AvgIpc) is 3.29. The second-order valence-electron chi connectivity index (χ2n) is 17.6. The van der Waals surface area contributed by atoms with Crippen LogP contribution in [-0.4, -0.2) is 142 Å². The van der Waals surface area contributed by atoms with Crippen molar-refractivity contribution in [2.45, 2.75) is 248 Å². The number of aliphatic hydroxyl groups is 7. The molecule has 7 N–H and O–H groups in total. The summed E-state index contributed by atoms with van der Waals surface area (Å²) in [5.41, 5.74) is 0. The lowest BCUT2D eigenvalue weighted by Crippen LogP contribution is -2.61. The number of esters is 2. The molecule has 64 heavy (non-hydrogen) atoms. The Kier molecular flexibility index (Phi) is 33.6. The van der Waals surface area contributed by atoms with Crippen LogP contribution in [0, 0.1) is 0 Å². The van der Waals surface area contributed by atoms with E-state index in [-0.39, 0.29) is 26.1 Å². The molecule has 0 radical (unpaired) electrons. The summed E-state index contributed by atoms with van der Waals surface area (Å²) in [6.07, 6.45) is 19.2. The van der Waals surface area contributed by atoms with Crippen LogP contribution in [0.15, 0.2) is 24.3 Å². The summed E-state index contributed by atoms with van der Waals surface area (Å²) in [7, 11) is 0. The number of hydrogen-bond donors (Lipinski definition) is 7. The molecule has 2 heterocycles. The first-order valence-corrected chi connectivity index (χ1v) is 24.9. The molecule has 0 saturated carbocycles. The number of carbonyl (C=O) groups excluding carboxylic acids is 2. The van der Waals surface area contributed by atoms with Crippen LogP contribution < -0.4 is 0 Å². The summed E-state index contributed by atoms with van der Waals surface area (Å²) in [5, 5.41) is 72.0. The van der Waals surface area contributed by atoms with Gasteiger partial charge in [0.15, 0.2) is 18.7 Å². The van der Waals surface area contributed by atoms with Gasteiger partial charge in [-0.1, -0.05) is 128 Å². The molecule has 0 spiro atoms. The SMILES string of the molecule is CCCCCC/C=C/CCCCCCCCCC(=O)OC[C@H](CO[C@@H]1O[C@H](CO[C@@H]2O[C@H](CO)[C@H](O)C(O)C2O)[C@H](O)C(O)C1O)OC(=O)CCCCCCC/C=C/CCCCCC. The minimum absolute atomic E-state index is 0.156. The number of ether oxygens (including phenoxy) is 6. The third-order valence-corrected chi connectivity index (χ3v) is 11.9. The highest BCUT2D eigenvalue weighted by Gasteiger charge is 2.47. The maximum absolute atomic E-state index is 13.0. The Morgan fingerprint density at radius 2 is 0.891 bits per heavy atom. The van der Waals surface area contributed by atoms with E-state index in [2.05, 4.69) is 38.2 Å². The van der Waals surface area contributed by atoms with Crippen molar-refractivity contribution >= 4 is 11.9 Å². The van der Waals surface area contributed by atoms with E-state index in [1.54, 1.807) is 0 Å². The van der Waals surface area contributed by atoms with Gasteiger partial charge in [0, 0.05) is 12.8 Å². The van der Waals surface area contributed by atoms with Crippen LogP contribution in [0.4, 0.5) is 0 Å². The average molecular weight is 917 g/mol. The van der Waals surface area contributed by atoms with Crippen molar-refractivity contribution in [1.29, 1.82) is 0 Å². The first-order valence-electron chi connectivity index (χ1n) is 24.9. The van der Waals surface area contributed by atoms with Gasteiger partial charge in [0.25, 0.3) is 0 Å². The van der Waals surface area contributed by atoms with Crippen LogP contribution in [0.2, 0.25) is 0 Å². The van der Waals surface area contributed by atoms with Crippen LogP contribution in [0.3, 0.4) is 0 Å². The fraction of sp³-hybridized carbons (Fsp3) is 0.878. The van der Waals surface area contributed by atoms with Gasteiger partial charge in [0.1, 0.15) is 55.4 Å². The number of unbranched alkanes of at least 4 members (excludes halogenated alkanes) is 20. The molecule has 11 atom stereocenters. The largest absolute Gasteiger partial charge is 0.462 e. The summed E-state index contributed by atoms with van der Waals surface area (Å²) in [5.74, 6) is -0.938. The van der Waals surface area contributed by atoms with Crippen molar-refractivity contribution in [3.8, 4) is 0 Å². The Hall–Kier alpha value is -2.02. The van der Waals surface area contributed by atoms with Crippen molar-refractivity contribution in [1.82, 2.24) is 0 Å². The fourth-order valence-electron chi connectivity index (χ4n) is 7.73. The Morgan fingerprint density at radius 3 is 1.38 bits per heavy atom. The predicted octanol–water partition coefficient (Wildman–Crippen LogP) is 6.38. The monoisotopic (exact) mass is 917 g/mol. The van der Waals surface area contributed by atoms with Gasteiger partial charge in [-0.15, -0.1) is 0 Å². The maximum Gasteiger partial charge on any atom is 0.306 e. The number of carbonyl (C=O) groups is 2. The zero-order chi connectivity index (χ0) is 46.8. The second kappa shape index (κ2) is 37.0. The van der Waals surface area contributed by atoms with Gasteiger partial charge in [-0.2, -0.15) is 0 Å². The molecule has 0 bridgehead atoms. The van der Waals surface area contributed by atoms with E-state index >= 15 is 0 Å². The van der Waals surface area contributed by atoms with Crippen LogP contribution in [-0.2, 0) is 38.0 Å². The van der Waals surface area contributed by atoms with Crippen LogP contribution >= 0.6 is 0 Å². The predicted molar refractivity (Wildman–Crippen MR) is 243 cm³/mol. The first kappa shape index (κ1) is 58.1. The van der Waals surface area contributed by atoms with Crippen LogP contribution in [0.5, 0.6) is 0 Å². The molecule has 2 aliphatic rings. The molecule has 0 amide bonds. The summed E-state index contributed by atoms with van der Waals surface area (Å²) in [6.45, 7) is 2.54. The van der Waals surface area contributed by atoms with E-state index < -0.39 is 92.7 Å². The molecule has 2 saturated heterocycles. The smallest absolute Gasteiger partial charge is 0.306 e. The van der Waals surface area contributed by atoms with Crippen molar-refractivity contribution in [3.63, 3.8) is 0 Å². The van der Waals surface area contributed by atoms with Gasteiger partial charge in [-0.3, -0.25) is 9.59 Å². The number of aliphatic hydroxyl groups excluding tert-OH is 7. The molecular formula is C49H88O15. The third-order valence-electron chi connectivity index (χ3n) is 11.9. The molecule has 0 aromatic carbocycles. The molecule has 2 fully saturated rings. The Labute approximate surface area is 383 Å². The molecule has 0 aromatic rings. The van der Waals surface area contributed by atoms with Crippen LogP contribution in [0.1, 0.15) is 181 Å². The van der Waals surface area contributed by atoms with Crippen molar-refractivity contribution < 1.29 is 73.8 Å². The standard InChI is InChI=1S/C49H88O15/c1-3-5-7-9-11-13-15-17-18-20-21-23-25-27-29-31-40(51)59-34-37(62-41(52)32-30-28-26-24-22-19-16-14-12-10-8-6-4-2)35-60-48-47(58)45(56)43(54)39(64-48)36-61-49-46(57)44(55)42(53)38(33-50)63-49/h13-16,37-39,42-50,53-58H,3-12,17-36H2,1-2H3/b15-13+,16-14+/t37-,38-,39-,42+,43+,44?,45?,46?,47?,48-,49-/m1/s1. The molecule has 2 aliphatic heterocycles. The Bertz CT molecular complexity index is 1220. The molecule has 374 valence electrons. The quantitative estimate of drug-likeness (QED) is 0.0203. The zero-order valence-electron chi connectivity index (χ0n) is 39.3. The van der Waals surface area contributed by atoms with Gasteiger partial charge in [-0.05, 0) is 64.2 Å². The Balaban J connectivity index is 1.83. The normalized spacial score (nSPS) is 26.8. The highest BCUT2D eigenvalue weighted by molar-refractivity contribution is 5.70. The molecule has 0 aliphatic carbocycles. The maximum atomic E-state index is 13.0. The van der Waals surface area contributed by atoms with E-state index in [4.69, 9.17) is 28.4 Å². The zero-order valence-corrected chi connectivity index (χ0v) is 39.3. The van der Waals surface area contributed by atoms with Gasteiger partial charge in [0.2, 0.25) is 0 Å². The van der Waals surface area contributed by atoms with Gasteiger partial charge < -0.3 is 64.2 Å². The minimum atomic E-state index is -1.76. The molecular weight excluding hydrogens is 829 g/mol. The highest BCUT2D eigenvalue weighted by atomic mass is 16.7. The Morgan fingerprint density at radius 1 is 0.484 bits per heavy atom. The summed E-state index contributed by atoms with van der Waals surface area (Å²) in [6, 6.07) is 0. The minimum Gasteiger partial charge on any atom is -0.462 e. The second-order valence-corrected chi connectivity index (χ2v) is 17.6. The van der Waals surface area contributed by atoms with Gasteiger partial charge in [-0.25, -0.2) is 0 Å². The van der Waals surface area contributed by atoms with Gasteiger partial charge >= 0.3 is 11.9 Å². The first-order chi connectivity index (χ1) is 31.0. The number of rotatable bonds is 38. The molecule has 2 rings (SSSR count). The van der Waals surface area contributed by atoms with E-state index in [1.165, 1.54) is 77.0 Å².